The van der Waals surface area contributed by atoms with Crippen molar-refractivity contribution in [2.75, 3.05) is 18.8 Å². The van der Waals surface area contributed by atoms with E-state index in [1.165, 1.54) is 0 Å². The summed E-state index contributed by atoms with van der Waals surface area (Å²) in [7, 11) is -3.07. The molecule has 0 spiro atoms. The Morgan fingerprint density at radius 1 is 1.40 bits per heavy atom. The Kier molecular flexibility index (Phi) is 4.54. The molecule has 1 aromatic heterocycles. The lowest BCUT2D eigenvalue weighted by Crippen LogP contribution is -2.40. The second-order valence-corrected chi connectivity index (χ2v) is 7.41. The van der Waals surface area contributed by atoms with Gasteiger partial charge in [0.25, 0.3) is 0 Å². The molecule has 0 saturated carbocycles. The number of rotatable bonds is 5. The molecule has 1 saturated heterocycles. The maximum Gasteiger partial charge on any atom is 0.213 e. The first-order valence-electron chi connectivity index (χ1n) is 6.81. The number of hydrogen-bond donors (Lipinski definition) is 0. The van der Waals surface area contributed by atoms with E-state index in [4.69, 9.17) is 0 Å². The minimum Gasteiger partial charge on any atom is -0.270 e. The van der Waals surface area contributed by atoms with Crippen LogP contribution in [-0.4, -0.2) is 41.3 Å². The number of aromatic nitrogens is 2. The molecule has 0 aliphatic carbocycles. The maximum atomic E-state index is 11.8. The van der Waals surface area contributed by atoms with Gasteiger partial charge in [-0.1, -0.05) is 0 Å². The second-order valence-electron chi connectivity index (χ2n) is 5.16. The van der Waals surface area contributed by atoms with Gasteiger partial charge in [-0.25, -0.2) is 12.7 Å². The van der Waals surface area contributed by atoms with Gasteiger partial charge < -0.3 is 0 Å². The summed E-state index contributed by atoms with van der Waals surface area (Å²) in [6.45, 7) is 5.27. The normalized spacial score (nSPS) is 18.3. The van der Waals surface area contributed by atoms with E-state index in [1.54, 1.807) is 29.0 Å². The minimum absolute atomic E-state index is 0.157. The SMILES string of the molecule is CCS(=O)(=O)N1CCC(Cn2cc(N=O)c(C)n2)CC1. The second kappa shape index (κ2) is 6.01. The third-order valence-electron chi connectivity index (χ3n) is 3.80. The molecule has 1 aliphatic rings. The van der Waals surface area contributed by atoms with Gasteiger partial charge in [-0.3, -0.25) is 4.68 Å². The van der Waals surface area contributed by atoms with E-state index in [0.29, 0.717) is 36.9 Å². The van der Waals surface area contributed by atoms with Gasteiger partial charge in [0.2, 0.25) is 10.0 Å². The predicted molar refractivity (Wildman–Crippen MR) is 76.2 cm³/mol. The third kappa shape index (κ3) is 3.24. The molecule has 8 heteroatoms. The highest BCUT2D eigenvalue weighted by molar-refractivity contribution is 7.89. The molecule has 0 radical (unpaired) electrons. The van der Waals surface area contributed by atoms with E-state index in [0.717, 1.165) is 12.8 Å². The molecule has 112 valence electrons. The molecule has 0 unspecified atom stereocenters. The zero-order chi connectivity index (χ0) is 14.8. The first kappa shape index (κ1) is 15.1. The van der Waals surface area contributed by atoms with Crippen molar-refractivity contribution in [3.8, 4) is 0 Å². The van der Waals surface area contributed by atoms with Crippen LogP contribution in [0, 0.1) is 17.7 Å². The van der Waals surface area contributed by atoms with Crippen LogP contribution in [0.15, 0.2) is 11.4 Å². The van der Waals surface area contributed by atoms with Gasteiger partial charge in [0.15, 0.2) is 0 Å². The molecule has 2 heterocycles. The van der Waals surface area contributed by atoms with Crippen LogP contribution in [0.25, 0.3) is 0 Å². The molecule has 1 fully saturated rings. The van der Waals surface area contributed by atoms with E-state index < -0.39 is 10.0 Å². The van der Waals surface area contributed by atoms with Crippen LogP contribution in [0.5, 0.6) is 0 Å². The first-order valence-corrected chi connectivity index (χ1v) is 8.42. The van der Waals surface area contributed by atoms with Crippen LogP contribution in [-0.2, 0) is 16.6 Å². The van der Waals surface area contributed by atoms with Crippen LogP contribution in [0.2, 0.25) is 0 Å². The van der Waals surface area contributed by atoms with Gasteiger partial charge >= 0.3 is 0 Å². The number of nitroso groups, excluding NO2 is 1. The largest absolute Gasteiger partial charge is 0.270 e. The Bertz CT molecular complexity index is 574. The van der Waals surface area contributed by atoms with Gasteiger partial charge in [0.05, 0.1) is 17.6 Å². The average Bonchev–Trinajstić information content (AvgIpc) is 2.79. The van der Waals surface area contributed by atoms with E-state index in [-0.39, 0.29) is 5.75 Å². The van der Waals surface area contributed by atoms with Crippen LogP contribution in [0.3, 0.4) is 0 Å². The number of nitrogens with zero attached hydrogens (tertiary/aromatic N) is 4. The van der Waals surface area contributed by atoms with Crippen LogP contribution in [0.4, 0.5) is 5.69 Å². The van der Waals surface area contributed by atoms with Crippen molar-refractivity contribution in [2.45, 2.75) is 33.2 Å². The van der Waals surface area contributed by atoms with Gasteiger partial charge in [-0.2, -0.15) is 5.10 Å². The quantitative estimate of drug-likeness (QED) is 0.774. The zero-order valence-corrected chi connectivity index (χ0v) is 12.6. The first-order chi connectivity index (χ1) is 9.46. The maximum absolute atomic E-state index is 11.8. The van der Waals surface area contributed by atoms with E-state index in [9.17, 15) is 13.3 Å². The smallest absolute Gasteiger partial charge is 0.213 e. The van der Waals surface area contributed by atoms with Gasteiger partial charge in [0, 0.05) is 19.6 Å². The van der Waals surface area contributed by atoms with Crippen LogP contribution in [0.1, 0.15) is 25.5 Å². The van der Waals surface area contributed by atoms with Crippen molar-refractivity contribution in [3.05, 3.63) is 16.8 Å². The fourth-order valence-corrected chi connectivity index (χ4v) is 3.64. The Morgan fingerprint density at radius 3 is 2.55 bits per heavy atom. The Balaban J connectivity index is 1.93. The van der Waals surface area contributed by atoms with Crippen molar-refractivity contribution in [1.29, 1.82) is 0 Å². The number of hydrogen-bond acceptors (Lipinski definition) is 5. The predicted octanol–water partition coefficient (Wildman–Crippen LogP) is 1.65. The molecular formula is C12H20N4O3S. The number of aryl methyl sites for hydroxylation is 1. The monoisotopic (exact) mass is 300 g/mol. The molecule has 0 amide bonds. The summed E-state index contributed by atoms with van der Waals surface area (Å²) in [6, 6.07) is 0. The van der Waals surface area contributed by atoms with Crippen molar-refractivity contribution in [3.63, 3.8) is 0 Å². The van der Waals surface area contributed by atoms with Crippen LogP contribution >= 0.6 is 0 Å². The topological polar surface area (TPSA) is 84.6 Å². The molecule has 20 heavy (non-hydrogen) atoms. The average molecular weight is 300 g/mol. The Labute approximate surface area is 119 Å². The van der Waals surface area contributed by atoms with Crippen molar-refractivity contribution in [1.82, 2.24) is 14.1 Å². The van der Waals surface area contributed by atoms with Gasteiger partial charge in [-0.15, -0.1) is 4.91 Å². The Hall–Kier alpha value is -1.28. The fraction of sp³-hybridized carbons (Fsp3) is 0.750. The van der Waals surface area contributed by atoms with Gasteiger partial charge in [-0.05, 0) is 37.8 Å². The highest BCUT2D eigenvalue weighted by atomic mass is 32.2. The molecule has 1 aliphatic heterocycles. The summed E-state index contributed by atoms with van der Waals surface area (Å²) in [5.41, 5.74) is 1.00. The number of sulfonamides is 1. The molecule has 1 aromatic rings. The van der Waals surface area contributed by atoms with Crippen molar-refractivity contribution in [2.24, 2.45) is 11.1 Å². The summed E-state index contributed by atoms with van der Waals surface area (Å²) in [4.78, 5) is 10.5. The van der Waals surface area contributed by atoms with E-state index >= 15 is 0 Å². The summed E-state index contributed by atoms with van der Waals surface area (Å²) in [5.74, 6) is 0.543. The third-order valence-corrected chi connectivity index (χ3v) is 5.68. The van der Waals surface area contributed by atoms with Crippen LogP contribution < -0.4 is 0 Å². The lowest BCUT2D eigenvalue weighted by Gasteiger charge is -2.30. The lowest BCUT2D eigenvalue weighted by atomic mass is 9.98. The molecule has 2 rings (SSSR count). The summed E-state index contributed by atoms with van der Waals surface area (Å²) < 4.78 is 26.8. The molecule has 0 N–H and O–H groups in total. The zero-order valence-electron chi connectivity index (χ0n) is 11.8. The Morgan fingerprint density at radius 2 is 2.05 bits per heavy atom. The van der Waals surface area contributed by atoms with Crippen molar-refractivity contribution >= 4 is 15.7 Å². The summed E-state index contributed by atoms with van der Waals surface area (Å²) >= 11 is 0. The highest BCUT2D eigenvalue weighted by Gasteiger charge is 2.27. The van der Waals surface area contributed by atoms with E-state index in [2.05, 4.69) is 10.3 Å². The lowest BCUT2D eigenvalue weighted by molar-refractivity contribution is 0.247. The van der Waals surface area contributed by atoms with Crippen molar-refractivity contribution < 1.29 is 8.42 Å². The highest BCUT2D eigenvalue weighted by Crippen LogP contribution is 2.23. The van der Waals surface area contributed by atoms with Gasteiger partial charge in [0.1, 0.15) is 5.69 Å². The molecule has 0 bridgehead atoms. The van der Waals surface area contributed by atoms with E-state index in [1.807, 2.05) is 0 Å². The molecular weight excluding hydrogens is 280 g/mol. The molecule has 0 aromatic carbocycles. The number of piperidine rings is 1. The minimum atomic E-state index is -3.07. The molecule has 0 atom stereocenters. The fourth-order valence-electron chi connectivity index (χ4n) is 2.51. The summed E-state index contributed by atoms with van der Waals surface area (Å²) in [6.07, 6.45) is 3.29. The summed E-state index contributed by atoms with van der Waals surface area (Å²) in [5, 5.41) is 7.17. The standard InChI is InChI=1S/C12H20N4O3S/c1-3-20(18,19)16-6-4-11(5-7-16)8-15-9-12(14-17)10(2)13-15/h9,11H,3-8H2,1-2H3. The molecule has 7 nitrogen and oxygen atoms in total.